The molecule has 1 rings (SSSR count). The average molecular weight is 528 g/mol. The molecular formula is C23H34BrN3O6. The maximum atomic E-state index is 12.6. The smallest absolute Gasteiger partial charge is 0.326 e. The molecule has 3 amide bonds. The number of carboxylic acid groups (broad SMARTS) is 1. The molecule has 0 aliphatic carbocycles. The highest BCUT2D eigenvalue weighted by Crippen LogP contribution is 2.06. The number of nitrogens with one attached hydrogen (secondary N) is 3. The predicted octanol–water partition coefficient (Wildman–Crippen LogP) is 2.63. The van der Waals surface area contributed by atoms with Crippen LogP contribution in [-0.2, 0) is 19.2 Å². The number of carboxylic acids is 1. The minimum atomic E-state index is -1.11. The van der Waals surface area contributed by atoms with Crippen LogP contribution in [0.1, 0.15) is 64.2 Å². The first-order chi connectivity index (χ1) is 15.4. The molecule has 0 unspecified atom stereocenters. The number of carbonyl (C=O) groups excluding carboxylic acids is 4. The molecule has 0 spiro atoms. The fourth-order valence-corrected chi connectivity index (χ4v) is 2.68. The van der Waals surface area contributed by atoms with Crippen molar-refractivity contribution in [1.82, 2.24) is 16.0 Å². The molecule has 1 aromatic carbocycles. The summed E-state index contributed by atoms with van der Waals surface area (Å²) < 4.78 is -0.0208. The monoisotopic (exact) mass is 527 g/mol. The maximum absolute atomic E-state index is 12.6. The second kappa shape index (κ2) is 16.0. The van der Waals surface area contributed by atoms with Gasteiger partial charge < -0.3 is 21.1 Å². The van der Waals surface area contributed by atoms with Crippen molar-refractivity contribution in [2.24, 2.45) is 5.92 Å². The first-order valence-electron chi connectivity index (χ1n) is 10.8. The summed E-state index contributed by atoms with van der Waals surface area (Å²) in [5, 5.41) is 16.9. The SMILES string of the molecule is CC(=O)Br.CCCC[C@H](NC(=O)[C@H](C)NC(=O)[C@@H](NC(=O)c1ccccc1)C(C)C)C(=O)O. The van der Waals surface area contributed by atoms with Gasteiger partial charge in [0.25, 0.3) is 5.91 Å². The quantitative estimate of drug-likeness (QED) is 0.326. The van der Waals surface area contributed by atoms with Crippen molar-refractivity contribution in [1.29, 1.82) is 0 Å². The highest BCUT2D eigenvalue weighted by atomic mass is 79.9. The van der Waals surface area contributed by atoms with E-state index in [2.05, 4.69) is 31.9 Å². The molecule has 10 heteroatoms. The van der Waals surface area contributed by atoms with Gasteiger partial charge in [0.15, 0.2) is 4.69 Å². The Bertz CT molecular complexity index is 797. The molecule has 0 bridgehead atoms. The van der Waals surface area contributed by atoms with Crippen molar-refractivity contribution >= 4 is 44.3 Å². The first kappa shape index (κ1) is 30.2. The summed E-state index contributed by atoms with van der Waals surface area (Å²) in [6, 6.07) is 5.74. The molecule has 0 radical (unpaired) electrons. The van der Waals surface area contributed by atoms with Crippen LogP contribution in [-0.4, -0.2) is 51.6 Å². The number of unbranched alkanes of at least 4 members (excludes halogenated alkanes) is 1. The fourth-order valence-electron chi connectivity index (χ4n) is 2.68. The van der Waals surface area contributed by atoms with Crippen LogP contribution in [0.2, 0.25) is 0 Å². The number of hydrogen-bond donors (Lipinski definition) is 4. The molecule has 4 N–H and O–H groups in total. The molecule has 0 aromatic heterocycles. The number of hydrogen-bond acceptors (Lipinski definition) is 5. The van der Waals surface area contributed by atoms with Crippen molar-refractivity contribution in [2.45, 2.75) is 72.0 Å². The third-order valence-corrected chi connectivity index (χ3v) is 4.48. The first-order valence-corrected chi connectivity index (χ1v) is 11.5. The second-order valence-electron chi connectivity index (χ2n) is 7.80. The van der Waals surface area contributed by atoms with E-state index in [1.54, 1.807) is 44.2 Å². The van der Waals surface area contributed by atoms with E-state index in [-0.39, 0.29) is 16.5 Å². The van der Waals surface area contributed by atoms with Crippen LogP contribution in [0, 0.1) is 5.92 Å². The molecular weight excluding hydrogens is 494 g/mol. The Morgan fingerprint density at radius 3 is 1.94 bits per heavy atom. The van der Waals surface area contributed by atoms with Crippen molar-refractivity contribution < 1.29 is 29.1 Å². The van der Waals surface area contributed by atoms with Crippen molar-refractivity contribution in [3.05, 3.63) is 35.9 Å². The molecule has 3 atom stereocenters. The molecule has 184 valence electrons. The van der Waals surface area contributed by atoms with Crippen molar-refractivity contribution in [3.63, 3.8) is 0 Å². The Hall–Kier alpha value is -2.75. The van der Waals surface area contributed by atoms with Crippen LogP contribution >= 0.6 is 15.9 Å². The van der Waals surface area contributed by atoms with E-state index in [9.17, 15) is 29.1 Å². The zero-order chi connectivity index (χ0) is 25.6. The number of rotatable bonds is 11. The lowest BCUT2D eigenvalue weighted by Crippen LogP contribution is -2.56. The predicted molar refractivity (Wildman–Crippen MR) is 129 cm³/mol. The molecule has 33 heavy (non-hydrogen) atoms. The largest absolute Gasteiger partial charge is 0.480 e. The van der Waals surface area contributed by atoms with Crippen LogP contribution < -0.4 is 16.0 Å². The van der Waals surface area contributed by atoms with Crippen LogP contribution in [0.4, 0.5) is 0 Å². The third-order valence-electron chi connectivity index (χ3n) is 4.48. The summed E-state index contributed by atoms with van der Waals surface area (Å²) in [4.78, 5) is 58.0. The van der Waals surface area contributed by atoms with Crippen LogP contribution in [0.25, 0.3) is 0 Å². The van der Waals surface area contributed by atoms with Crippen molar-refractivity contribution in [3.8, 4) is 0 Å². The Morgan fingerprint density at radius 2 is 1.48 bits per heavy atom. The van der Waals surface area contributed by atoms with Crippen LogP contribution in [0.5, 0.6) is 0 Å². The van der Waals surface area contributed by atoms with Gasteiger partial charge in [-0.3, -0.25) is 19.2 Å². The Balaban J connectivity index is 0.00000235. The minimum Gasteiger partial charge on any atom is -0.480 e. The van der Waals surface area contributed by atoms with Crippen LogP contribution in [0.3, 0.4) is 0 Å². The summed E-state index contributed by atoms with van der Waals surface area (Å²) >= 11 is 2.63. The highest BCUT2D eigenvalue weighted by molar-refractivity contribution is 9.18. The lowest BCUT2D eigenvalue weighted by Gasteiger charge is -2.24. The number of amides is 3. The summed E-state index contributed by atoms with van der Waals surface area (Å²) in [6.45, 7) is 8.42. The lowest BCUT2D eigenvalue weighted by atomic mass is 10.0. The molecule has 0 fully saturated rings. The molecule has 0 saturated carbocycles. The summed E-state index contributed by atoms with van der Waals surface area (Å²) in [6.07, 6.45) is 1.79. The van der Waals surface area contributed by atoms with E-state index in [4.69, 9.17) is 0 Å². The molecule has 0 aliphatic rings. The van der Waals surface area contributed by atoms with E-state index in [1.165, 1.54) is 13.8 Å². The fraction of sp³-hybridized carbons (Fsp3) is 0.522. The summed E-state index contributed by atoms with van der Waals surface area (Å²) in [7, 11) is 0. The molecule has 9 nitrogen and oxygen atoms in total. The van der Waals surface area contributed by atoms with E-state index < -0.39 is 35.9 Å². The molecule has 1 aromatic rings. The van der Waals surface area contributed by atoms with Gasteiger partial charge >= 0.3 is 5.97 Å². The number of carbonyl (C=O) groups is 5. The van der Waals surface area contributed by atoms with E-state index in [1.807, 2.05) is 6.92 Å². The summed E-state index contributed by atoms with van der Waals surface area (Å²) in [5.41, 5.74) is 0.428. The van der Waals surface area contributed by atoms with E-state index in [0.29, 0.717) is 18.4 Å². The Kier molecular flexibility index (Phi) is 14.6. The Labute approximate surface area is 203 Å². The summed E-state index contributed by atoms with van der Waals surface area (Å²) in [5.74, 6) is -2.80. The van der Waals surface area contributed by atoms with E-state index >= 15 is 0 Å². The standard InChI is InChI=1S/C21H31N3O5.C2H3BrO/c1-5-6-12-16(21(28)29)23-18(25)14(4)22-20(27)17(13(2)3)24-19(26)15-10-8-7-9-11-15;1-2(3)4/h7-11,13-14,16-17H,5-6,12H2,1-4H3,(H,22,27)(H,23,25)(H,24,26)(H,28,29);1H3/t14-,16-,17-;/m0./s1. The van der Waals surface area contributed by atoms with Gasteiger partial charge in [0.2, 0.25) is 11.8 Å². The molecule has 0 heterocycles. The minimum absolute atomic E-state index is 0.0208. The van der Waals surface area contributed by atoms with Gasteiger partial charge in [-0.1, -0.05) is 51.8 Å². The number of halogens is 1. The number of benzene rings is 1. The van der Waals surface area contributed by atoms with E-state index in [0.717, 1.165) is 6.42 Å². The normalized spacial score (nSPS) is 12.9. The van der Waals surface area contributed by atoms with Crippen LogP contribution in [0.15, 0.2) is 30.3 Å². The molecule has 0 aliphatic heterocycles. The zero-order valence-corrected chi connectivity index (χ0v) is 21.3. The van der Waals surface area contributed by atoms with Gasteiger partial charge in [-0.15, -0.1) is 0 Å². The average Bonchev–Trinajstić information content (AvgIpc) is 2.74. The topological polar surface area (TPSA) is 142 Å². The highest BCUT2D eigenvalue weighted by Gasteiger charge is 2.28. The van der Waals surface area contributed by atoms with Gasteiger partial charge in [0.1, 0.15) is 18.1 Å². The van der Waals surface area contributed by atoms with Crippen molar-refractivity contribution in [2.75, 3.05) is 0 Å². The van der Waals surface area contributed by atoms with Gasteiger partial charge in [-0.25, -0.2) is 4.79 Å². The van der Waals surface area contributed by atoms with Gasteiger partial charge in [0.05, 0.1) is 0 Å². The lowest BCUT2D eigenvalue weighted by molar-refractivity contribution is -0.142. The zero-order valence-electron chi connectivity index (χ0n) is 19.7. The third kappa shape index (κ3) is 12.8. The van der Waals surface area contributed by atoms with Gasteiger partial charge in [0, 0.05) is 12.5 Å². The molecule has 0 saturated heterocycles. The number of aliphatic carboxylic acids is 1. The van der Waals surface area contributed by atoms with Gasteiger partial charge in [-0.2, -0.15) is 0 Å². The second-order valence-corrected chi connectivity index (χ2v) is 8.92. The maximum Gasteiger partial charge on any atom is 0.326 e. The Morgan fingerprint density at radius 1 is 0.939 bits per heavy atom. The van der Waals surface area contributed by atoms with Gasteiger partial charge in [-0.05, 0) is 47.3 Å².